The lowest BCUT2D eigenvalue weighted by Gasteiger charge is -2.33. The summed E-state index contributed by atoms with van der Waals surface area (Å²) in [4.78, 5) is 4.23. The van der Waals surface area contributed by atoms with Crippen molar-refractivity contribution in [3.63, 3.8) is 0 Å². The van der Waals surface area contributed by atoms with Gasteiger partial charge >= 0.3 is 0 Å². The number of nitrogens with zero attached hydrogens (tertiary/aromatic N) is 1. The largest absolute Gasteiger partial charge is 0.308 e. The van der Waals surface area contributed by atoms with Crippen molar-refractivity contribution in [2.24, 2.45) is 5.92 Å². The Hall–Kier alpha value is -0.600. The molecular weight excluding hydrogens is 196 g/mol. The van der Waals surface area contributed by atoms with Gasteiger partial charge in [0.2, 0.25) is 0 Å². The Kier molecular flexibility index (Phi) is 3.04. The number of pyridine rings is 1. The van der Waals surface area contributed by atoms with Gasteiger partial charge in [0.25, 0.3) is 0 Å². The minimum Gasteiger partial charge on any atom is -0.308 e. The minimum atomic E-state index is 0.697. The van der Waals surface area contributed by atoms with Crippen LogP contribution in [0.1, 0.15) is 25.5 Å². The average Bonchev–Trinajstić information content (AvgIpc) is 2.13. The van der Waals surface area contributed by atoms with Crippen LogP contribution in [0.5, 0.6) is 0 Å². The Morgan fingerprint density at radius 3 is 2.86 bits per heavy atom. The Morgan fingerprint density at radius 2 is 2.29 bits per heavy atom. The molecule has 1 fully saturated rings. The lowest BCUT2D eigenvalue weighted by atomic mass is 9.82. The van der Waals surface area contributed by atoms with E-state index in [9.17, 15) is 0 Å². The lowest BCUT2D eigenvalue weighted by molar-refractivity contribution is 0.239. The molecule has 0 unspecified atom stereocenters. The molecule has 0 atom stereocenters. The second kappa shape index (κ2) is 4.28. The Balaban J connectivity index is 1.78. The Labute approximate surface area is 89.7 Å². The summed E-state index contributed by atoms with van der Waals surface area (Å²) in [5.41, 5.74) is 1.06. The predicted molar refractivity (Wildman–Crippen MR) is 58.3 cm³/mol. The molecule has 0 bridgehead atoms. The van der Waals surface area contributed by atoms with E-state index in [1.165, 1.54) is 12.8 Å². The maximum Gasteiger partial charge on any atom is 0.0589 e. The van der Waals surface area contributed by atoms with E-state index in [1.54, 1.807) is 6.20 Å². The normalized spacial score (nSPS) is 25.9. The van der Waals surface area contributed by atoms with Crippen molar-refractivity contribution in [3.05, 3.63) is 29.0 Å². The summed E-state index contributed by atoms with van der Waals surface area (Å²) < 4.78 is 0. The van der Waals surface area contributed by atoms with Gasteiger partial charge in [-0.15, -0.1) is 0 Å². The van der Waals surface area contributed by atoms with Crippen molar-refractivity contribution in [2.45, 2.75) is 32.4 Å². The summed E-state index contributed by atoms with van der Waals surface area (Å²) >= 11 is 5.75. The number of hydrogen-bond donors (Lipinski definition) is 1. The summed E-state index contributed by atoms with van der Waals surface area (Å²) in [7, 11) is 0. The van der Waals surface area contributed by atoms with Crippen molar-refractivity contribution in [2.75, 3.05) is 0 Å². The van der Waals surface area contributed by atoms with Crippen molar-refractivity contribution < 1.29 is 0 Å². The van der Waals surface area contributed by atoms with E-state index in [0.717, 1.165) is 18.2 Å². The molecule has 0 amide bonds. The highest BCUT2D eigenvalue weighted by molar-refractivity contribution is 6.30. The molecule has 0 radical (unpaired) electrons. The van der Waals surface area contributed by atoms with Gasteiger partial charge in [0.05, 0.1) is 10.7 Å². The van der Waals surface area contributed by atoms with Gasteiger partial charge in [-0.1, -0.05) is 18.5 Å². The molecule has 76 valence electrons. The molecule has 3 heteroatoms. The highest BCUT2D eigenvalue weighted by Crippen LogP contribution is 2.26. The van der Waals surface area contributed by atoms with Crippen molar-refractivity contribution in [1.82, 2.24) is 10.3 Å². The second-order valence-corrected chi connectivity index (χ2v) is 4.56. The molecule has 0 aliphatic heterocycles. The first-order valence-corrected chi connectivity index (χ1v) is 5.45. The van der Waals surface area contributed by atoms with Gasteiger partial charge in [-0.2, -0.15) is 0 Å². The topological polar surface area (TPSA) is 24.9 Å². The van der Waals surface area contributed by atoms with Crippen LogP contribution in [-0.2, 0) is 6.54 Å². The first-order valence-electron chi connectivity index (χ1n) is 5.08. The number of nitrogens with one attached hydrogen (secondary N) is 1. The molecular formula is C11H15ClN2. The van der Waals surface area contributed by atoms with Crippen LogP contribution in [0.3, 0.4) is 0 Å². The molecule has 1 heterocycles. The molecule has 1 aromatic rings. The Bertz CT molecular complexity index is 291. The molecule has 0 saturated heterocycles. The average molecular weight is 211 g/mol. The van der Waals surface area contributed by atoms with Crippen molar-refractivity contribution in [3.8, 4) is 0 Å². The van der Waals surface area contributed by atoms with E-state index in [-0.39, 0.29) is 0 Å². The molecule has 2 rings (SSSR count). The molecule has 14 heavy (non-hydrogen) atoms. The fourth-order valence-corrected chi connectivity index (χ4v) is 1.94. The van der Waals surface area contributed by atoms with E-state index in [2.05, 4.69) is 17.2 Å². The zero-order chi connectivity index (χ0) is 9.97. The third-order valence-electron chi connectivity index (χ3n) is 2.73. The maximum absolute atomic E-state index is 5.75. The maximum atomic E-state index is 5.75. The summed E-state index contributed by atoms with van der Waals surface area (Å²) in [6, 6.07) is 4.55. The Morgan fingerprint density at radius 1 is 1.50 bits per heavy atom. The van der Waals surface area contributed by atoms with E-state index in [1.807, 2.05) is 12.1 Å². The van der Waals surface area contributed by atoms with Crippen molar-refractivity contribution >= 4 is 11.6 Å². The molecule has 0 spiro atoms. The van der Waals surface area contributed by atoms with Crippen LogP contribution in [-0.4, -0.2) is 11.0 Å². The third-order valence-corrected chi connectivity index (χ3v) is 2.96. The SMILES string of the molecule is CC1CC(NCc2ccc(Cl)cn2)C1. The predicted octanol–water partition coefficient (Wildman–Crippen LogP) is 2.62. The lowest BCUT2D eigenvalue weighted by Crippen LogP contribution is -2.39. The molecule has 1 saturated carbocycles. The zero-order valence-corrected chi connectivity index (χ0v) is 9.09. The summed E-state index contributed by atoms with van der Waals surface area (Å²) in [6.07, 6.45) is 4.29. The van der Waals surface area contributed by atoms with Crippen LogP contribution >= 0.6 is 11.6 Å². The molecule has 0 aromatic carbocycles. The fraction of sp³-hybridized carbons (Fsp3) is 0.545. The van der Waals surface area contributed by atoms with E-state index >= 15 is 0 Å². The van der Waals surface area contributed by atoms with E-state index < -0.39 is 0 Å². The van der Waals surface area contributed by atoms with Gasteiger partial charge in [-0.3, -0.25) is 4.98 Å². The van der Waals surface area contributed by atoms with Gasteiger partial charge in [-0.05, 0) is 30.9 Å². The third kappa shape index (κ3) is 2.46. The van der Waals surface area contributed by atoms with Crippen LogP contribution in [0.2, 0.25) is 5.02 Å². The minimum absolute atomic E-state index is 0.697. The molecule has 1 N–H and O–H groups in total. The van der Waals surface area contributed by atoms with Crippen LogP contribution in [0.4, 0.5) is 0 Å². The van der Waals surface area contributed by atoms with Gasteiger partial charge < -0.3 is 5.32 Å². The summed E-state index contributed by atoms with van der Waals surface area (Å²) in [5, 5.41) is 4.18. The number of hydrogen-bond acceptors (Lipinski definition) is 2. The highest BCUT2D eigenvalue weighted by Gasteiger charge is 2.24. The molecule has 1 aliphatic carbocycles. The fourth-order valence-electron chi connectivity index (χ4n) is 1.83. The van der Waals surface area contributed by atoms with Gasteiger partial charge in [0.15, 0.2) is 0 Å². The summed E-state index contributed by atoms with van der Waals surface area (Å²) in [5.74, 6) is 0.894. The van der Waals surface area contributed by atoms with Crippen LogP contribution in [0.15, 0.2) is 18.3 Å². The smallest absolute Gasteiger partial charge is 0.0589 e. The number of aromatic nitrogens is 1. The zero-order valence-electron chi connectivity index (χ0n) is 8.33. The van der Waals surface area contributed by atoms with Crippen LogP contribution in [0.25, 0.3) is 0 Å². The van der Waals surface area contributed by atoms with Gasteiger partial charge in [0.1, 0.15) is 0 Å². The standard InChI is InChI=1S/C11H15ClN2/c1-8-4-11(5-8)14-7-10-3-2-9(12)6-13-10/h2-3,6,8,11,14H,4-5,7H2,1H3. The van der Waals surface area contributed by atoms with E-state index in [4.69, 9.17) is 11.6 Å². The first kappa shape index (κ1) is 9.94. The van der Waals surface area contributed by atoms with Gasteiger partial charge in [-0.25, -0.2) is 0 Å². The highest BCUT2D eigenvalue weighted by atomic mass is 35.5. The number of rotatable bonds is 3. The quantitative estimate of drug-likeness (QED) is 0.830. The monoisotopic (exact) mass is 210 g/mol. The second-order valence-electron chi connectivity index (χ2n) is 4.12. The van der Waals surface area contributed by atoms with Crippen LogP contribution < -0.4 is 5.32 Å². The molecule has 2 nitrogen and oxygen atoms in total. The number of halogens is 1. The first-order chi connectivity index (χ1) is 6.74. The molecule has 1 aliphatic rings. The summed E-state index contributed by atoms with van der Waals surface area (Å²) in [6.45, 7) is 3.15. The van der Waals surface area contributed by atoms with Crippen LogP contribution in [0, 0.1) is 5.92 Å². The van der Waals surface area contributed by atoms with Gasteiger partial charge in [0, 0.05) is 18.8 Å². The van der Waals surface area contributed by atoms with E-state index in [0.29, 0.717) is 11.1 Å². The molecule has 1 aromatic heterocycles. The van der Waals surface area contributed by atoms with Crippen molar-refractivity contribution in [1.29, 1.82) is 0 Å².